The second kappa shape index (κ2) is 4.35. The van der Waals surface area contributed by atoms with Gasteiger partial charge in [0.05, 0.1) is 6.20 Å². The highest BCUT2D eigenvalue weighted by atomic mass is 35.5. The largest absolute Gasteiger partial charge is 0.356 e. The quantitative estimate of drug-likeness (QED) is 0.687. The van der Waals surface area contributed by atoms with Gasteiger partial charge in [0.25, 0.3) is 0 Å². The van der Waals surface area contributed by atoms with Crippen LogP contribution in [0.5, 0.6) is 0 Å². The Morgan fingerprint density at radius 3 is 2.93 bits per heavy atom. The van der Waals surface area contributed by atoms with Crippen molar-refractivity contribution in [3.8, 4) is 0 Å². The maximum absolute atomic E-state index is 12.7. The van der Waals surface area contributed by atoms with Gasteiger partial charge >= 0.3 is 0 Å². The summed E-state index contributed by atoms with van der Waals surface area (Å²) in [5, 5.41) is 0.252. The lowest BCUT2D eigenvalue weighted by atomic mass is 10.00. The first-order valence-corrected chi connectivity index (χ1v) is 5.61. The minimum absolute atomic E-state index is 0.252. The fourth-order valence-electron chi connectivity index (χ4n) is 1.88. The first kappa shape index (κ1) is 10.7. The summed E-state index contributed by atoms with van der Waals surface area (Å²) >= 11 is 6.14. The number of pyridine rings is 1. The SMILES string of the molecule is CC1CN(c2ccc(F)cn2)CCC1Cl. The van der Waals surface area contributed by atoms with Crippen LogP contribution in [0.4, 0.5) is 10.2 Å². The van der Waals surface area contributed by atoms with E-state index >= 15 is 0 Å². The van der Waals surface area contributed by atoms with Crippen LogP contribution in [0.25, 0.3) is 0 Å². The highest BCUT2D eigenvalue weighted by Gasteiger charge is 2.24. The lowest BCUT2D eigenvalue weighted by molar-refractivity contribution is 0.452. The molecule has 1 aromatic heterocycles. The molecule has 1 fully saturated rings. The number of nitrogens with zero attached hydrogens (tertiary/aromatic N) is 2. The number of hydrogen-bond donors (Lipinski definition) is 0. The van der Waals surface area contributed by atoms with E-state index in [1.165, 1.54) is 12.3 Å². The Morgan fingerprint density at radius 1 is 1.53 bits per heavy atom. The van der Waals surface area contributed by atoms with Gasteiger partial charge in [-0.05, 0) is 24.5 Å². The summed E-state index contributed by atoms with van der Waals surface area (Å²) in [6.07, 6.45) is 2.22. The van der Waals surface area contributed by atoms with E-state index in [9.17, 15) is 4.39 Å². The van der Waals surface area contributed by atoms with Crippen LogP contribution in [0, 0.1) is 11.7 Å². The van der Waals surface area contributed by atoms with Gasteiger partial charge in [0.15, 0.2) is 0 Å². The third kappa shape index (κ3) is 2.40. The molecule has 2 unspecified atom stereocenters. The highest BCUT2D eigenvalue weighted by Crippen LogP contribution is 2.24. The zero-order valence-corrected chi connectivity index (χ0v) is 9.41. The number of aromatic nitrogens is 1. The molecule has 82 valence electrons. The number of piperidine rings is 1. The lowest BCUT2D eigenvalue weighted by Gasteiger charge is -2.34. The summed E-state index contributed by atoms with van der Waals surface area (Å²) < 4.78 is 12.7. The highest BCUT2D eigenvalue weighted by molar-refractivity contribution is 6.20. The molecular weight excluding hydrogens is 215 g/mol. The predicted molar refractivity (Wildman–Crippen MR) is 59.8 cm³/mol. The molecule has 0 radical (unpaired) electrons. The van der Waals surface area contributed by atoms with Crippen molar-refractivity contribution in [1.82, 2.24) is 4.98 Å². The van der Waals surface area contributed by atoms with Crippen LogP contribution in [0.15, 0.2) is 18.3 Å². The number of rotatable bonds is 1. The van der Waals surface area contributed by atoms with Gasteiger partial charge in [-0.1, -0.05) is 6.92 Å². The molecule has 0 amide bonds. The molecule has 0 N–H and O–H groups in total. The van der Waals surface area contributed by atoms with Crippen molar-refractivity contribution in [2.75, 3.05) is 18.0 Å². The van der Waals surface area contributed by atoms with Crippen molar-refractivity contribution in [2.24, 2.45) is 5.92 Å². The van der Waals surface area contributed by atoms with Gasteiger partial charge in [-0.3, -0.25) is 0 Å². The molecular formula is C11H14ClFN2. The fourth-order valence-corrected chi connectivity index (χ4v) is 2.06. The van der Waals surface area contributed by atoms with Crippen LogP contribution in [0.1, 0.15) is 13.3 Å². The number of hydrogen-bond acceptors (Lipinski definition) is 2. The van der Waals surface area contributed by atoms with Crippen molar-refractivity contribution in [3.05, 3.63) is 24.1 Å². The van der Waals surface area contributed by atoms with E-state index in [1.54, 1.807) is 6.07 Å². The lowest BCUT2D eigenvalue weighted by Crippen LogP contribution is -2.40. The van der Waals surface area contributed by atoms with E-state index in [1.807, 2.05) is 0 Å². The fraction of sp³-hybridized carbons (Fsp3) is 0.545. The molecule has 2 nitrogen and oxygen atoms in total. The first-order valence-electron chi connectivity index (χ1n) is 5.17. The molecule has 1 aliphatic heterocycles. The average Bonchev–Trinajstić information content (AvgIpc) is 2.23. The van der Waals surface area contributed by atoms with Gasteiger partial charge in [-0.15, -0.1) is 11.6 Å². The van der Waals surface area contributed by atoms with Crippen LogP contribution < -0.4 is 4.90 Å². The Labute approximate surface area is 94.1 Å². The van der Waals surface area contributed by atoms with Gasteiger partial charge in [-0.25, -0.2) is 9.37 Å². The third-order valence-corrected chi connectivity index (χ3v) is 3.48. The maximum Gasteiger partial charge on any atom is 0.141 e. The topological polar surface area (TPSA) is 16.1 Å². The second-order valence-corrected chi connectivity index (χ2v) is 4.62. The van der Waals surface area contributed by atoms with E-state index in [0.29, 0.717) is 5.92 Å². The van der Waals surface area contributed by atoms with Crippen molar-refractivity contribution < 1.29 is 4.39 Å². The predicted octanol–water partition coefficient (Wildman–Crippen LogP) is 2.67. The summed E-state index contributed by atoms with van der Waals surface area (Å²) in [7, 11) is 0. The summed E-state index contributed by atoms with van der Waals surface area (Å²) in [4.78, 5) is 6.23. The monoisotopic (exact) mass is 228 g/mol. The van der Waals surface area contributed by atoms with Crippen molar-refractivity contribution in [2.45, 2.75) is 18.7 Å². The minimum atomic E-state index is -0.293. The molecule has 2 atom stereocenters. The number of anilines is 1. The summed E-state index contributed by atoms with van der Waals surface area (Å²) in [5.41, 5.74) is 0. The number of halogens is 2. The summed E-state index contributed by atoms with van der Waals surface area (Å²) in [6.45, 7) is 3.93. The minimum Gasteiger partial charge on any atom is -0.356 e. The zero-order valence-electron chi connectivity index (χ0n) is 8.66. The molecule has 0 aliphatic carbocycles. The normalized spacial score (nSPS) is 26.7. The van der Waals surface area contributed by atoms with Gasteiger partial charge in [-0.2, -0.15) is 0 Å². The van der Waals surface area contributed by atoms with E-state index in [-0.39, 0.29) is 11.2 Å². The molecule has 4 heteroatoms. The molecule has 0 spiro atoms. The van der Waals surface area contributed by atoms with Crippen LogP contribution in [-0.2, 0) is 0 Å². The molecule has 0 bridgehead atoms. The Morgan fingerprint density at radius 2 is 2.33 bits per heavy atom. The van der Waals surface area contributed by atoms with E-state index < -0.39 is 0 Å². The summed E-state index contributed by atoms with van der Waals surface area (Å²) in [5.74, 6) is 0.998. The Kier molecular flexibility index (Phi) is 3.10. The smallest absolute Gasteiger partial charge is 0.141 e. The molecule has 15 heavy (non-hydrogen) atoms. The summed E-state index contributed by atoms with van der Waals surface area (Å²) in [6, 6.07) is 3.16. The van der Waals surface area contributed by atoms with Gasteiger partial charge in [0.1, 0.15) is 11.6 Å². The third-order valence-electron chi connectivity index (χ3n) is 2.84. The van der Waals surface area contributed by atoms with Crippen molar-refractivity contribution >= 4 is 17.4 Å². The Balaban J connectivity index is 2.08. The van der Waals surface area contributed by atoms with Crippen LogP contribution in [0.3, 0.4) is 0 Å². The maximum atomic E-state index is 12.7. The van der Waals surface area contributed by atoms with Gasteiger partial charge in [0.2, 0.25) is 0 Å². The molecule has 2 heterocycles. The molecule has 1 aromatic rings. The molecule has 0 saturated carbocycles. The van der Waals surface area contributed by atoms with Crippen molar-refractivity contribution in [1.29, 1.82) is 0 Å². The van der Waals surface area contributed by atoms with E-state index in [4.69, 9.17) is 11.6 Å². The standard InChI is InChI=1S/C11H14ClFN2/c1-8-7-15(5-4-10(8)12)11-3-2-9(13)6-14-11/h2-3,6,8,10H,4-5,7H2,1H3. The van der Waals surface area contributed by atoms with Gasteiger partial charge < -0.3 is 4.90 Å². The van der Waals surface area contributed by atoms with E-state index in [2.05, 4.69) is 16.8 Å². The van der Waals surface area contributed by atoms with Crippen molar-refractivity contribution in [3.63, 3.8) is 0 Å². The average molecular weight is 229 g/mol. The molecule has 1 aliphatic rings. The Bertz CT molecular complexity index is 328. The molecule has 0 aromatic carbocycles. The first-order chi connectivity index (χ1) is 7.16. The zero-order chi connectivity index (χ0) is 10.8. The second-order valence-electron chi connectivity index (χ2n) is 4.06. The van der Waals surface area contributed by atoms with Crippen LogP contribution >= 0.6 is 11.6 Å². The molecule has 1 saturated heterocycles. The van der Waals surface area contributed by atoms with E-state index in [0.717, 1.165) is 25.3 Å². The van der Waals surface area contributed by atoms with Crippen LogP contribution in [0.2, 0.25) is 0 Å². The van der Waals surface area contributed by atoms with Crippen LogP contribution in [-0.4, -0.2) is 23.5 Å². The molecule has 2 rings (SSSR count). The Hall–Kier alpha value is -0.830. The number of alkyl halides is 1. The van der Waals surface area contributed by atoms with Gasteiger partial charge in [0, 0.05) is 18.5 Å².